The van der Waals surface area contributed by atoms with E-state index < -0.39 is 0 Å². The van der Waals surface area contributed by atoms with Crippen LogP contribution in [0, 0.1) is 0 Å². The average Bonchev–Trinajstić information content (AvgIpc) is 0.745. The van der Waals surface area contributed by atoms with Gasteiger partial charge in [0.2, 0.25) is 0 Å². The zero-order chi connectivity index (χ0) is 90.2. The number of fused-ring (bicyclic) bond motifs is 13. The normalized spacial score (nSPS) is 11.4. The van der Waals surface area contributed by atoms with E-state index >= 15 is 0 Å². The summed E-state index contributed by atoms with van der Waals surface area (Å²) in [6.07, 6.45) is 7.66. The molecule has 0 bridgehead atoms. The van der Waals surface area contributed by atoms with Gasteiger partial charge in [-0.3, -0.25) is 9.97 Å². The number of rotatable bonds is 13. The van der Waals surface area contributed by atoms with Crippen molar-refractivity contribution in [3.63, 3.8) is 0 Å². The summed E-state index contributed by atoms with van der Waals surface area (Å²) >= 11 is 0. The maximum Gasteiger partial charge on any atom is 0.0722 e. The molecule has 0 aliphatic carbocycles. The van der Waals surface area contributed by atoms with Crippen LogP contribution in [-0.4, -0.2) is 24.9 Å². The Labute approximate surface area is 788 Å². The Balaban J connectivity index is 0.000000112. The van der Waals surface area contributed by atoms with Crippen molar-refractivity contribution in [2.75, 3.05) is 0 Å². The van der Waals surface area contributed by atoms with Crippen LogP contribution < -0.4 is 0 Å². The van der Waals surface area contributed by atoms with E-state index in [1.165, 1.54) is 175 Å². The Morgan fingerprint density at radius 2 is 0.397 bits per heavy atom. The van der Waals surface area contributed by atoms with Gasteiger partial charge < -0.3 is 0 Å². The van der Waals surface area contributed by atoms with Crippen LogP contribution in [0.1, 0.15) is 0 Å². The number of benzene rings is 21. The molecule has 0 unspecified atom stereocenters. The molecule has 5 heteroatoms. The zero-order valence-corrected chi connectivity index (χ0v) is 74.3. The molecule has 0 saturated carbocycles. The highest BCUT2D eigenvalue weighted by molar-refractivity contribution is 6.22. The Morgan fingerprint density at radius 1 is 0.132 bits per heavy atom. The molecule has 0 aliphatic rings. The molecule has 0 saturated heterocycles. The first-order valence-electron chi connectivity index (χ1n) is 46.4. The molecule has 5 heterocycles. The molecule has 26 rings (SSSR count). The summed E-state index contributed by atoms with van der Waals surface area (Å²) in [5.41, 5.74) is 33.2. The summed E-state index contributed by atoms with van der Waals surface area (Å²) in [7, 11) is 0. The maximum atomic E-state index is 5.26. The van der Waals surface area contributed by atoms with Crippen LogP contribution >= 0.6 is 0 Å². The maximum absolute atomic E-state index is 5.26. The lowest BCUT2D eigenvalue weighted by Gasteiger charge is -2.18. The lowest BCUT2D eigenvalue weighted by atomic mass is 9.85. The standard InChI is InChI=1S/C51H33N.2C40H26N2/c1-3-14-35(15-4-1)46-33-48(52-47-31-30-36-16-7-8-21-41(36)51(46)47)40-20-13-19-39(32-40)34-26-28-38(29-27-34)50-44-24-11-9-22-42(44)49(37-17-5-2-6-18-37)43-23-10-12-25-45(43)50;1-2-9-28(10-3-1)36-24-39(42-38-22-21-29-11-4-7-16-35(29)40(36)38)32-14-8-13-31(23-32)27-17-19-30(20-18-27)37-26-41-25-33-12-5-6-15-34(33)37;1-2-8-28(9-3-1)37-25-39(42-38-21-20-29-10-4-5-14-36(29)40(37)38)32-12-6-11-31(24-32)27-16-18-30(19-17-27)34-15-7-13-33-26-41-23-22-35(33)34/h1-33H;2*1-26H. The second-order valence-corrected chi connectivity index (χ2v) is 34.8. The van der Waals surface area contributed by atoms with Crippen LogP contribution in [-0.2, 0) is 0 Å². The number of nitrogens with zero attached hydrogens (tertiary/aromatic N) is 5. The monoisotopic (exact) mass is 1730 g/mol. The SMILES string of the molecule is c1ccc(-c2c3ccccc3c(-c3ccc(-c4cccc(-c5cc(-c6ccccc6)c6c(ccc7ccccc76)n5)c4)cc3)c3ccccc23)cc1.c1ccc(-c2cc(-c3cccc(-c4ccc(-c5cccc6cnccc56)cc4)c3)nc3ccc4ccccc4c23)cc1.c1ccc(-c2cc(-c3cccc(-c4ccc(-c5cncc6ccccc56)cc4)c3)nc3ccc4ccccc4c23)cc1. The fourth-order valence-corrected chi connectivity index (χ4v) is 20.2. The van der Waals surface area contributed by atoms with Crippen molar-refractivity contribution in [3.8, 4) is 145 Å². The molecule has 26 aromatic rings. The van der Waals surface area contributed by atoms with Crippen LogP contribution in [0.3, 0.4) is 0 Å². The number of hydrogen-bond acceptors (Lipinski definition) is 5. The van der Waals surface area contributed by atoms with Gasteiger partial charge in [0.25, 0.3) is 0 Å². The van der Waals surface area contributed by atoms with E-state index in [2.05, 4.69) is 501 Å². The predicted octanol–water partition coefficient (Wildman–Crippen LogP) is 35.2. The third-order valence-corrected chi connectivity index (χ3v) is 26.7. The third-order valence-electron chi connectivity index (χ3n) is 26.7. The zero-order valence-electron chi connectivity index (χ0n) is 74.3. The fraction of sp³-hybridized carbons (Fsp3) is 0. The average molecular weight is 1730 g/mol. The molecular formula is C131H85N5. The number of hydrogen-bond donors (Lipinski definition) is 0. The topological polar surface area (TPSA) is 64.5 Å². The molecule has 0 spiro atoms. The summed E-state index contributed by atoms with van der Waals surface area (Å²) < 4.78 is 0. The third kappa shape index (κ3) is 15.6. The second-order valence-electron chi connectivity index (χ2n) is 34.8. The van der Waals surface area contributed by atoms with E-state index in [0.29, 0.717) is 0 Å². The Hall–Kier alpha value is -18.0. The Bertz CT molecular complexity index is 8670. The summed E-state index contributed by atoms with van der Waals surface area (Å²) in [5, 5.41) is 20.7. The van der Waals surface area contributed by atoms with Gasteiger partial charge in [0.15, 0.2) is 0 Å². The molecule has 0 radical (unpaired) electrons. The van der Waals surface area contributed by atoms with Crippen LogP contribution in [0.25, 0.3) is 253 Å². The van der Waals surface area contributed by atoms with Gasteiger partial charge in [0, 0.05) is 74.0 Å². The van der Waals surface area contributed by atoms with Gasteiger partial charge in [-0.05, 0) is 231 Å². The quantitative estimate of drug-likeness (QED) is 0.0850. The molecule has 634 valence electrons. The molecule has 0 fully saturated rings. The largest absolute Gasteiger partial charge is 0.264 e. The highest BCUT2D eigenvalue weighted by Gasteiger charge is 2.22. The molecule has 21 aromatic carbocycles. The van der Waals surface area contributed by atoms with E-state index in [0.717, 1.165) is 77.8 Å². The van der Waals surface area contributed by atoms with E-state index in [4.69, 9.17) is 15.0 Å². The lowest BCUT2D eigenvalue weighted by molar-refractivity contribution is 1.36. The molecule has 5 aromatic heterocycles. The first-order valence-corrected chi connectivity index (χ1v) is 46.4. The highest BCUT2D eigenvalue weighted by Crippen LogP contribution is 2.47. The Morgan fingerprint density at radius 3 is 0.787 bits per heavy atom. The number of pyridine rings is 5. The number of aromatic nitrogens is 5. The van der Waals surface area contributed by atoms with Crippen LogP contribution in [0.2, 0.25) is 0 Å². The molecular weight excluding hydrogens is 1640 g/mol. The van der Waals surface area contributed by atoms with Crippen molar-refractivity contribution in [1.82, 2.24) is 24.9 Å². The lowest BCUT2D eigenvalue weighted by Crippen LogP contribution is -1.92. The van der Waals surface area contributed by atoms with Gasteiger partial charge in [-0.1, -0.05) is 431 Å². The molecule has 0 N–H and O–H groups in total. The van der Waals surface area contributed by atoms with E-state index in [1.807, 2.05) is 24.8 Å². The van der Waals surface area contributed by atoms with Gasteiger partial charge in [-0.2, -0.15) is 0 Å². The van der Waals surface area contributed by atoms with E-state index in [1.54, 1.807) is 0 Å². The van der Waals surface area contributed by atoms with Crippen LogP contribution in [0.4, 0.5) is 0 Å². The summed E-state index contributed by atoms with van der Waals surface area (Å²) in [6, 6.07) is 176. The van der Waals surface area contributed by atoms with Crippen LogP contribution in [0.5, 0.6) is 0 Å². The van der Waals surface area contributed by atoms with Gasteiger partial charge in [-0.25, -0.2) is 15.0 Å². The molecule has 5 nitrogen and oxygen atoms in total. The van der Waals surface area contributed by atoms with Gasteiger partial charge >= 0.3 is 0 Å². The summed E-state index contributed by atoms with van der Waals surface area (Å²) in [5.74, 6) is 0. The minimum absolute atomic E-state index is 0.969. The summed E-state index contributed by atoms with van der Waals surface area (Å²) in [6.45, 7) is 0. The van der Waals surface area contributed by atoms with E-state index in [9.17, 15) is 0 Å². The van der Waals surface area contributed by atoms with Crippen molar-refractivity contribution in [2.45, 2.75) is 0 Å². The summed E-state index contributed by atoms with van der Waals surface area (Å²) in [4.78, 5) is 24.4. The Kier molecular flexibility index (Phi) is 21.3. The first-order chi connectivity index (χ1) is 67.4. The fourth-order valence-electron chi connectivity index (χ4n) is 20.2. The first kappa shape index (κ1) is 81.2. The van der Waals surface area contributed by atoms with Crippen molar-refractivity contribution < 1.29 is 0 Å². The van der Waals surface area contributed by atoms with Gasteiger partial charge in [-0.15, -0.1) is 0 Å². The predicted molar refractivity (Wildman–Crippen MR) is 574 cm³/mol. The minimum Gasteiger partial charge on any atom is -0.264 e. The van der Waals surface area contributed by atoms with Gasteiger partial charge in [0.05, 0.1) is 33.6 Å². The van der Waals surface area contributed by atoms with Crippen LogP contribution in [0.15, 0.2) is 516 Å². The molecule has 0 amide bonds. The van der Waals surface area contributed by atoms with Gasteiger partial charge in [0.1, 0.15) is 0 Å². The molecule has 136 heavy (non-hydrogen) atoms. The molecule has 0 atom stereocenters. The minimum atomic E-state index is 0.969. The molecule has 0 aliphatic heterocycles. The highest BCUT2D eigenvalue weighted by atomic mass is 14.7. The second kappa shape index (κ2) is 35.7. The van der Waals surface area contributed by atoms with E-state index in [-0.39, 0.29) is 0 Å². The van der Waals surface area contributed by atoms with Crippen molar-refractivity contribution in [3.05, 3.63) is 516 Å². The smallest absolute Gasteiger partial charge is 0.0722 e. The van der Waals surface area contributed by atoms with Crippen molar-refractivity contribution in [1.29, 1.82) is 0 Å². The van der Waals surface area contributed by atoms with Crippen molar-refractivity contribution in [2.24, 2.45) is 0 Å². The van der Waals surface area contributed by atoms with Crippen molar-refractivity contribution >= 4 is 108 Å².